The van der Waals surface area contributed by atoms with Crippen LogP contribution in [0.2, 0.25) is 0 Å². The molecule has 27 heavy (non-hydrogen) atoms. The Labute approximate surface area is 162 Å². The fourth-order valence-corrected chi connectivity index (χ4v) is 3.43. The third-order valence-electron chi connectivity index (χ3n) is 4.98. The molecule has 2 aromatic rings. The molecule has 148 valence electrons. The molecule has 1 atom stereocenters. The van der Waals surface area contributed by atoms with Gasteiger partial charge in [-0.05, 0) is 49.9 Å². The van der Waals surface area contributed by atoms with Gasteiger partial charge in [-0.3, -0.25) is 0 Å². The van der Waals surface area contributed by atoms with E-state index in [4.69, 9.17) is 11.5 Å². The summed E-state index contributed by atoms with van der Waals surface area (Å²) in [5.41, 5.74) is 10.7. The predicted molar refractivity (Wildman–Crippen MR) is 111 cm³/mol. The SMILES string of the molecule is CC1CCCC1.C[C@H]1CCCN1c1cccc(N)n1.Nc1cccc(F)n1. The number of pyridine rings is 2. The summed E-state index contributed by atoms with van der Waals surface area (Å²) in [5.74, 6) is 2.35. The number of aromatic nitrogens is 2. The van der Waals surface area contributed by atoms with Crippen molar-refractivity contribution in [2.24, 2.45) is 5.92 Å². The lowest BCUT2D eigenvalue weighted by atomic mass is 10.2. The van der Waals surface area contributed by atoms with E-state index in [1.807, 2.05) is 18.2 Å². The number of nitrogens with zero attached hydrogens (tertiary/aromatic N) is 3. The average Bonchev–Trinajstić information content (AvgIpc) is 3.27. The van der Waals surface area contributed by atoms with E-state index in [1.165, 1.54) is 56.7 Å². The maximum atomic E-state index is 12.0. The van der Waals surface area contributed by atoms with Gasteiger partial charge in [0.2, 0.25) is 5.95 Å². The van der Waals surface area contributed by atoms with E-state index in [-0.39, 0.29) is 5.82 Å². The second-order valence-electron chi connectivity index (χ2n) is 7.38. The summed E-state index contributed by atoms with van der Waals surface area (Å²) in [5, 5.41) is 0. The number of nitrogen functional groups attached to an aromatic ring is 2. The van der Waals surface area contributed by atoms with Crippen molar-refractivity contribution in [1.29, 1.82) is 0 Å². The second kappa shape index (κ2) is 10.7. The minimum atomic E-state index is -0.537. The second-order valence-corrected chi connectivity index (χ2v) is 7.38. The van der Waals surface area contributed by atoms with E-state index >= 15 is 0 Å². The molecule has 6 heteroatoms. The van der Waals surface area contributed by atoms with Crippen LogP contribution in [0.4, 0.5) is 21.8 Å². The van der Waals surface area contributed by atoms with Crippen LogP contribution in [0.15, 0.2) is 36.4 Å². The highest BCUT2D eigenvalue weighted by Crippen LogP contribution is 2.24. The van der Waals surface area contributed by atoms with Gasteiger partial charge in [0.25, 0.3) is 0 Å². The molecular weight excluding hydrogens is 341 g/mol. The van der Waals surface area contributed by atoms with Crippen molar-refractivity contribution in [3.05, 3.63) is 42.3 Å². The van der Waals surface area contributed by atoms with Gasteiger partial charge < -0.3 is 16.4 Å². The minimum absolute atomic E-state index is 0.213. The van der Waals surface area contributed by atoms with Crippen LogP contribution in [0.1, 0.15) is 52.4 Å². The summed E-state index contributed by atoms with van der Waals surface area (Å²) in [6.07, 6.45) is 8.47. The fourth-order valence-electron chi connectivity index (χ4n) is 3.43. The number of rotatable bonds is 1. The molecule has 0 spiro atoms. The zero-order chi connectivity index (χ0) is 19.6. The van der Waals surface area contributed by atoms with Gasteiger partial charge in [0, 0.05) is 12.6 Å². The van der Waals surface area contributed by atoms with E-state index in [0.717, 1.165) is 18.3 Å². The molecule has 1 aliphatic heterocycles. The van der Waals surface area contributed by atoms with Gasteiger partial charge in [-0.1, -0.05) is 44.7 Å². The highest BCUT2D eigenvalue weighted by atomic mass is 19.1. The van der Waals surface area contributed by atoms with Crippen LogP contribution < -0.4 is 16.4 Å². The molecule has 0 unspecified atom stereocenters. The van der Waals surface area contributed by atoms with E-state index in [9.17, 15) is 4.39 Å². The molecule has 0 radical (unpaired) electrons. The van der Waals surface area contributed by atoms with Crippen molar-refractivity contribution in [3.63, 3.8) is 0 Å². The summed E-state index contributed by atoms with van der Waals surface area (Å²) >= 11 is 0. The first-order valence-electron chi connectivity index (χ1n) is 9.83. The summed E-state index contributed by atoms with van der Waals surface area (Å²) in [7, 11) is 0. The molecule has 1 saturated carbocycles. The third kappa shape index (κ3) is 7.41. The highest BCUT2D eigenvalue weighted by molar-refractivity contribution is 5.46. The molecule has 0 aromatic carbocycles. The van der Waals surface area contributed by atoms with Crippen molar-refractivity contribution < 1.29 is 4.39 Å². The van der Waals surface area contributed by atoms with Crippen LogP contribution in [-0.4, -0.2) is 22.6 Å². The topological polar surface area (TPSA) is 81.1 Å². The van der Waals surface area contributed by atoms with Gasteiger partial charge in [-0.25, -0.2) is 9.97 Å². The van der Waals surface area contributed by atoms with Gasteiger partial charge >= 0.3 is 0 Å². The normalized spacial score (nSPS) is 19.1. The van der Waals surface area contributed by atoms with Crippen LogP contribution >= 0.6 is 0 Å². The van der Waals surface area contributed by atoms with Crippen molar-refractivity contribution in [2.45, 2.75) is 58.4 Å². The Morgan fingerprint density at radius 1 is 0.889 bits per heavy atom. The molecule has 2 aromatic heterocycles. The lowest BCUT2D eigenvalue weighted by molar-refractivity contribution is 0.586. The van der Waals surface area contributed by atoms with E-state index in [1.54, 1.807) is 0 Å². The number of hydrogen-bond acceptors (Lipinski definition) is 5. The minimum Gasteiger partial charge on any atom is -0.384 e. The molecule has 2 aliphatic rings. The predicted octanol–water partition coefficient (Wildman–Crippen LogP) is 4.65. The zero-order valence-electron chi connectivity index (χ0n) is 16.4. The summed E-state index contributed by atoms with van der Waals surface area (Å²) < 4.78 is 12.0. The molecule has 2 fully saturated rings. The van der Waals surface area contributed by atoms with Gasteiger partial charge in [0.15, 0.2) is 0 Å². The molecule has 1 aliphatic carbocycles. The molecule has 1 saturated heterocycles. The largest absolute Gasteiger partial charge is 0.384 e. The Kier molecular flexibility index (Phi) is 8.30. The maximum Gasteiger partial charge on any atom is 0.214 e. The Balaban J connectivity index is 0.000000159. The summed E-state index contributed by atoms with van der Waals surface area (Å²) in [4.78, 5) is 9.91. The Bertz CT molecular complexity index is 671. The first-order chi connectivity index (χ1) is 13.0. The summed E-state index contributed by atoms with van der Waals surface area (Å²) in [6.45, 7) is 5.68. The quantitative estimate of drug-likeness (QED) is 0.711. The average molecular weight is 374 g/mol. The summed E-state index contributed by atoms with van der Waals surface area (Å²) in [6, 6.07) is 10.7. The van der Waals surface area contributed by atoms with Crippen molar-refractivity contribution >= 4 is 17.5 Å². The first kappa shape index (κ1) is 20.9. The van der Waals surface area contributed by atoms with Crippen molar-refractivity contribution in [3.8, 4) is 0 Å². The first-order valence-corrected chi connectivity index (χ1v) is 9.83. The monoisotopic (exact) mass is 373 g/mol. The molecule has 5 nitrogen and oxygen atoms in total. The zero-order valence-corrected chi connectivity index (χ0v) is 16.4. The Morgan fingerprint density at radius 3 is 1.93 bits per heavy atom. The maximum absolute atomic E-state index is 12.0. The van der Waals surface area contributed by atoms with Crippen molar-refractivity contribution in [1.82, 2.24) is 9.97 Å². The molecule has 4 N–H and O–H groups in total. The fraction of sp³-hybridized carbons (Fsp3) is 0.524. The lowest BCUT2D eigenvalue weighted by Crippen LogP contribution is -2.27. The molecular formula is C21H32FN5. The Morgan fingerprint density at radius 2 is 1.52 bits per heavy atom. The number of anilines is 3. The van der Waals surface area contributed by atoms with E-state index in [2.05, 4.69) is 28.7 Å². The standard InChI is InChI=1S/C10H15N3.C6H12.C5H5FN2/c1-8-4-3-7-13(8)10-6-2-5-9(11)12-10;1-6-4-2-3-5-6;6-4-2-1-3-5(7)8-4/h2,5-6,8H,3-4,7H2,1H3,(H2,11,12);6H,2-5H2,1H3;1-3H,(H2,7,8)/t8-;;/m0../s1. The molecule has 3 heterocycles. The van der Waals surface area contributed by atoms with Gasteiger partial charge in [0.1, 0.15) is 17.5 Å². The highest BCUT2D eigenvalue weighted by Gasteiger charge is 2.21. The van der Waals surface area contributed by atoms with E-state index < -0.39 is 5.95 Å². The third-order valence-corrected chi connectivity index (χ3v) is 4.98. The van der Waals surface area contributed by atoms with Crippen LogP contribution in [0.3, 0.4) is 0 Å². The van der Waals surface area contributed by atoms with Gasteiger partial charge in [-0.2, -0.15) is 4.39 Å². The molecule has 0 bridgehead atoms. The van der Waals surface area contributed by atoms with Crippen LogP contribution in [-0.2, 0) is 0 Å². The smallest absolute Gasteiger partial charge is 0.214 e. The molecule has 4 rings (SSSR count). The number of hydrogen-bond donors (Lipinski definition) is 2. The Hall–Kier alpha value is -2.37. The van der Waals surface area contributed by atoms with E-state index in [0.29, 0.717) is 11.9 Å². The van der Waals surface area contributed by atoms with Crippen molar-refractivity contribution in [2.75, 3.05) is 22.9 Å². The van der Waals surface area contributed by atoms with Crippen LogP contribution in [0, 0.1) is 11.9 Å². The lowest BCUT2D eigenvalue weighted by Gasteiger charge is -2.22. The number of halogens is 1. The van der Waals surface area contributed by atoms with Crippen LogP contribution in [0.5, 0.6) is 0 Å². The van der Waals surface area contributed by atoms with Gasteiger partial charge in [-0.15, -0.1) is 0 Å². The van der Waals surface area contributed by atoms with Gasteiger partial charge in [0.05, 0.1) is 0 Å². The molecule has 0 amide bonds. The van der Waals surface area contributed by atoms with Crippen LogP contribution in [0.25, 0.3) is 0 Å². The number of nitrogens with two attached hydrogens (primary N) is 2.